The molecule has 0 aromatic carbocycles. The van der Waals surface area contributed by atoms with E-state index in [0.29, 0.717) is 0 Å². The van der Waals surface area contributed by atoms with E-state index >= 15 is 0 Å². The highest BCUT2D eigenvalue weighted by Crippen LogP contribution is 2.14. The molecule has 1 aliphatic heterocycles. The zero-order chi connectivity index (χ0) is 9.68. The zero-order valence-electron chi connectivity index (χ0n) is 7.86. The summed E-state index contributed by atoms with van der Waals surface area (Å²) in [5, 5.41) is 0. The number of hydrogen-bond acceptors (Lipinski definition) is 3. The summed E-state index contributed by atoms with van der Waals surface area (Å²) in [7, 11) is 0. The van der Waals surface area contributed by atoms with E-state index in [1.54, 1.807) is 12.3 Å². The van der Waals surface area contributed by atoms with E-state index < -0.39 is 0 Å². The van der Waals surface area contributed by atoms with Crippen LogP contribution in [-0.2, 0) is 0 Å². The van der Waals surface area contributed by atoms with Gasteiger partial charge in [-0.05, 0) is 19.7 Å². The number of nitrogens with zero attached hydrogens (tertiary/aromatic N) is 2. The van der Waals surface area contributed by atoms with Crippen LogP contribution in [0, 0.1) is 0 Å². The van der Waals surface area contributed by atoms with Crippen LogP contribution in [0.5, 0.6) is 0 Å². The summed E-state index contributed by atoms with van der Waals surface area (Å²) in [5.74, 6) is 2.75. The second-order valence-electron chi connectivity index (χ2n) is 2.59. The molecule has 1 rings (SSSR count). The van der Waals surface area contributed by atoms with Gasteiger partial charge in [-0.1, -0.05) is 6.08 Å². The van der Waals surface area contributed by atoms with Crippen molar-refractivity contribution in [1.29, 1.82) is 0 Å². The lowest BCUT2D eigenvalue weighted by molar-refractivity contribution is 0.591. The fourth-order valence-electron chi connectivity index (χ4n) is 0.991. The monoisotopic (exact) mass is 175 g/mol. The maximum absolute atomic E-state index is 5.48. The maximum Gasteiger partial charge on any atom is 0.0701 e. The fourth-order valence-corrected chi connectivity index (χ4v) is 0.991. The number of hydrogen-bond donors (Lipinski definition) is 1. The Balaban J connectivity index is 3.05. The minimum atomic E-state index is 0.869. The van der Waals surface area contributed by atoms with Crippen molar-refractivity contribution in [3.05, 3.63) is 42.1 Å². The van der Waals surface area contributed by atoms with Gasteiger partial charge in [0.25, 0.3) is 0 Å². The number of aliphatic imine (C=N–C) groups is 1. The van der Waals surface area contributed by atoms with Crippen LogP contribution in [-0.4, -0.2) is 10.8 Å². The molecule has 0 amide bonds. The lowest BCUT2D eigenvalue weighted by atomic mass is 10.3. The van der Waals surface area contributed by atoms with Crippen molar-refractivity contribution in [3.8, 4) is 0 Å². The summed E-state index contributed by atoms with van der Waals surface area (Å²) in [6.45, 7) is 3.99. The summed E-state index contributed by atoms with van der Waals surface area (Å²) < 4.78 is 0. The molecule has 0 saturated heterocycles. The van der Waals surface area contributed by atoms with Crippen LogP contribution in [0.2, 0.25) is 0 Å². The second-order valence-corrected chi connectivity index (χ2v) is 2.59. The van der Waals surface area contributed by atoms with E-state index in [0.717, 1.165) is 11.4 Å². The Morgan fingerprint density at radius 1 is 1.69 bits per heavy atom. The second kappa shape index (κ2) is 4.33. The van der Waals surface area contributed by atoms with Crippen LogP contribution in [0.3, 0.4) is 0 Å². The Labute approximate surface area is 78.3 Å². The lowest BCUT2D eigenvalue weighted by Gasteiger charge is -2.19. The lowest BCUT2D eigenvalue weighted by Crippen LogP contribution is -2.13. The van der Waals surface area contributed by atoms with Crippen molar-refractivity contribution in [1.82, 2.24) is 4.90 Å². The molecule has 3 nitrogen and oxygen atoms in total. The highest BCUT2D eigenvalue weighted by molar-refractivity contribution is 5.59. The average molecular weight is 175 g/mol. The predicted octanol–water partition coefficient (Wildman–Crippen LogP) is 1.72. The molecule has 0 atom stereocenters. The SMILES string of the molecule is C/C=C(/C)N1C=CN=C=C/C1=C/N. The van der Waals surface area contributed by atoms with Gasteiger partial charge in [-0.3, -0.25) is 0 Å². The predicted molar refractivity (Wildman–Crippen MR) is 54.7 cm³/mol. The highest BCUT2D eigenvalue weighted by Gasteiger charge is 2.05. The molecule has 1 heterocycles. The van der Waals surface area contributed by atoms with Crippen molar-refractivity contribution in [3.63, 3.8) is 0 Å². The molecule has 0 spiro atoms. The molecule has 0 radical (unpaired) electrons. The maximum atomic E-state index is 5.48. The standard InChI is InChI=1S/C10H13N3/c1-3-9(2)13-7-6-12-5-4-10(13)8-11/h3-4,6-8H,11H2,1-2H3/b9-3-,10-8-. The van der Waals surface area contributed by atoms with Gasteiger partial charge in [-0.15, -0.1) is 0 Å². The van der Waals surface area contributed by atoms with E-state index in [1.807, 2.05) is 31.0 Å². The molecule has 1 aliphatic rings. The molecule has 0 fully saturated rings. The Kier molecular flexibility index (Phi) is 3.12. The Bertz CT molecular complexity index is 328. The van der Waals surface area contributed by atoms with Gasteiger partial charge in [0.2, 0.25) is 0 Å². The number of nitrogens with two attached hydrogens (primary N) is 1. The smallest absolute Gasteiger partial charge is 0.0701 e. The fraction of sp³-hybridized carbons (Fsp3) is 0.200. The molecule has 3 heteroatoms. The van der Waals surface area contributed by atoms with Crippen molar-refractivity contribution in [2.75, 3.05) is 0 Å². The van der Waals surface area contributed by atoms with Gasteiger partial charge in [0.05, 0.1) is 11.9 Å². The quantitative estimate of drug-likeness (QED) is 0.659. The third-order valence-electron chi connectivity index (χ3n) is 1.82. The zero-order valence-corrected chi connectivity index (χ0v) is 7.86. The first kappa shape index (κ1) is 9.36. The van der Waals surface area contributed by atoms with E-state index in [4.69, 9.17) is 5.73 Å². The summed E-state index contributed by atoms with van der Waals surface area (Å²) in [6, 6.07) is 0. The molecule has 0 unspecified atom stereocenters. The number of rotatable bonds is 1. The van der Waals surface area contributed by atoms with Gasteiger partial charge >= 0.3 is 0 Å². The first-order valence-corrected chi connectivity index (χ1v) is 4.09. The van der Waals surface area contributed by atoms with Gasteiger partial charge < -0.3 is 10.6 Å². The molecule has 0 bridgehead atoms. The van der Waals surface area contributed by atoms with E-state index in [1.165, 1.54) is 6.20 Å². The Hall–Kier alpha value is -1.73. The van der Waals surface area contributed by atoms with Crippen LogP contribution in [0.25, 0.3) is 0 Å². The molecule has 0 saturated carbocycles. The first-order chi connectivity index (χ1) is 6.29. The van der Waals surface area contributed by atoms with Crippen molar-refractivity contribution >= 4 is 5.87 Å². The van der Waals surface area contributed by atoms with Gasteiger partial charge in [-0.25, -0.2) is 4.99 Å². The summed E-state index contributed by atoms with van der Waals surface area (Å²) in [6.07, 6.45) is 8.82. The largest absolute Gasteiger partial charge is 0.403 e. The summed E-state index contributed by atoms with van der Waals surface area (Å²) >= 11 is 0. The van der Waals surface area contributed by atoms with E-state index in [2.05, 4.69) is 10.9 Å². The van der Waals surface area contributed by atoms with Crippen molar-refractivity contribution in [2.45, 2.75) is 13.8 Å². The van der Waals surface area contributed by atoms with E-state index in [9.17, 15) is 0 Å². The summed E-state index contributed by atoms with van der Waals surface area (Å²) in [4.78, 5) is 5.83. The Morgan fingerprint density at radius 3 is 3.08 bits per heavy atom. The molecule has 13 heavy (non-hydrogen) atoms. The van der Waals surface area contributed by atoms with Crippen LogP contribution in [0.4, 0.5) is 0 Å². The Morgan fingerprint density at radius 2 is 2.46 bits per heavy atom. The molecular weight excluding hydrogens is 162 g/mol. The first-order valence-electron chi connectivity index (χ1n) is 4.09. The molecule has 0 aromatic rings. The van der Waals surface area contributed by atoms with E-state index in [-0.39, 0.29) is 0 Å². The van der Waals surface area contributed by atoms with Gasteiger partial charge in [0, 0.05) is 24.2 Å². The topological polar surface area (TPSA) is 41.6 Å². The van der Waals surface area contributed by atoms with Crippen LogP contribution >= 0.6 is 0 Å². The molecule has 0 aromatic heterocycles. The molecule has 68 valence electrons. The summed E-state index contributed by atoms with van der Waals surface area (Å²) in [5.41, 5.74) is 7.45. The van der Waals surface area contributed by atoms with Crippen LogP contribution < -0.4 is 5.73 Å². The minimum absolute atomic E-state index is 0.869. The van der Waals surface area contributed by atoms with Gasteiger partial charge in [0.15, 0.2) is 0 Å². The molecule has 2 N–H and O–H groups in total. The third-order valence-corrected chi connectivity index (χ3v) is 1.82. The van der Waals surface area contributed by atoms with Crippen molar-refractivity contribution < 1.29 is 0 Å². The van der Waals surface area contributed by atoms with Crippen LogP contribution in [0.15, 0.2) is 47.1 Å². The van der Waals surface area contributed by atoms with Gasteiger partial charge in [-0.2, -0.15) is 0 Å². The van der Waals surface area contributed by atoms with Crippen molar-refractivity contribution in [2.24, 2.45) is 10.7 Å². The highest BCUT2D eigenvalue weighted by atomic mass is 15.1. The number of allylic oxidation sites excluding steroid dienone is 3. The van der Waals surface area contributed by atoms with Gasteiger partial charge in [0.1, 0.15) is 0 Å². The normalized spacial score (nSPS) is 19.7. The molecule has 0 aliphatic carbocycles. The molecular formula is C10H13N3. The minimum Gasteiger partial charge on any atom is -0.403 e. The third kappa shape index (κ3) is 2.10. The van der Waals surface area contributed by atoms with Crippen LogP contribution in [0.1, 0.15) is 13.8 Å². The average Bonchev–Trinajstić information content (AvgIpc) is 2.41.